The number of non-ortho nitro benzene ring substituents is 1. The van der Waals surface area contributed by atoms with Gasteiger partial charge in [-0.1, -0.05) is 29.8 Å². The first-order chi connectivity index (χ1) is 13.5. The average Bonchev–Trinajstić information content (AvgIpc) is 2.70. The molecular weight excluding hydrogens is 400 g/mol. The first-order valence-electron chi connectivity index (χ1n) is 9.04. The molecule has 0 aromatic heterocycles. The molecule has 0 atom stereocenters. The maximum absolute atomic E-state index is 10.9. The highest BCUT2D eigenvalue weighted by atomic mass is 35.5. The third-order valence-electron chi connectivity index (χ3n) is 4.63. The summed E-state index contributed by atoms with van der Waals surface area (Å²) in [5, 5.41) is 14.9. The van der Waals surface area contributed by atoms with Gasteiger partial charge in [-0.2, -0.15) is 0 Å². The van der Waals surface area contributed by atoms with Crippen molar-refractivity contribution in [3.05, 3.63) is 63.7 Å². The number of hydrogen-bond donors (Lipinski definition) is 2. The molecule has 1 fully saturated rings. The van der Waals surface area contributed by atoms with E-state index < -0.39 is 4.92 Å². The van der Waals surface area contributed by atoms with Gasteiger partial charge in [0.25, 0.3) is 5.69 Å². The van der Waals surface area contributed by atoms with Crippen molar-refractivity contribution in [2.75, 3.05) is 44.6 Å². The van der Waals surface area contributed by atoms with Crippen LogP contribution in [0.1, 0.15) is 0 Å². The fourth-order valence-corrected chi connectivity index (χ4v) is 3.48. The summed E-state index contributed by atoms with van der Waals surface area (Å²) >= 11 is 11.6. The molecule has 2 aromatic carbocycles. The third-order valence-corrected chi connectivity index (χ3v) is 5.32. The maximum atomic E-state index is 10.9. The summed E-state index contributed by atoms with van der Waals surface area (Å²) in [6.45, 7) is 5.11. The lowest BCUT2D eigenvalue weighted by atomic mass is 10.3. The second-order valence-corrected chi connectivity index (χ2v) is 7.29. The number of rotatable bonds is 6. The molecular formula is C19H22ClN4O3S+. The van der Waals surface area contributed by atoms with Crippen molar-refractivity contribution in [3.8, 4) is 5.75 Å². The Hall–Kier alpha value is -2.42. The Morgan fingerprint density at radius 1 is 1.25 bits per heavy atom. The first kappa shape index (κ1) is 20.3. The highest BCUT2D eigenvalue weighted by molar-refractivity contribution is 7.80. The second-order valence-electron chi connectivity index (χ2n) is 6.50. The van der Waals surface area contributed by atoms with E-state index in [0.29, 0.717) is 22.4 Å². The second kappa shape index (κ2) is 9.68. The van der Waals surface area contributed by atoms with Crippen molar-refractivity contribution in [3.63, 3.8) is 0 Å². The Morgan fingerprint density at radius 2 is 1.96 bits per heavy atom. The molecule has 28 heavy (non-hydrogen) atoms. The monoisotopic (exact) mass is 421 g/mol. The summed E-state index contributed by atoms with van der Waals surface area (Å²) in [5.74, 6) is 0.889. The molecule has 3 rings (SSSR count). The fourth-order valence-electron chi connectivity index (χ4n) is 3.02. The predicted octanol–water partition coefficient (Wildman–Crippen LogP) is 2.22. The van der Waals surface area contributed by atoms with Crippen molar-refractivity contribution < 1.29 is 14.6 Å². The van der Waals surface area contributed by atoms with Crippen LogP contribution in [-0.4, -0.2) is 54.3 Å². The van der Waals surface area contributed by atoms with Gasteiger partial charge in [0, 0.05) is 12.1 Å². The number of nitrogens with one attached hydrogen (secondary N) is 2. The Balaban J connectivity index is 1.45. The Morgan fingerprint density at radius 3 is 2.64 bits per heavy atom. The van der Waals surface area contributed by atoms with Crippen LogP contribution in [0, 0.1) is 10.1 Å². The molecule has 0 aliphatic carbocycles. The Labute approximate surface area is 174 Å². The summed E-state index contributed by atoms with van der Waals surface area (Å²) in [7, 11) is 0. The number of benzene rings is 2. The van der Waals surface area contributed by atoms with E-state index in [0.717, 1.165) is 38.5 Å². The zero-order chi connectivity index (χ0) is 19.9. The number of para-hydroxylation sites is 1. The molecule has 1 aliphatic rings. The number of nitrogens with zero attached hydrogens (tertiary/aromatic N) is 2. The van der Waals surface area contributed by atoms with Gasteiger partial charge in [0.1, 0.15) is 18.9 Å². The molecule has 0 unspecified atom stereocenters. The number of quaternary nitrogens is 1. The zero-order valence-electron chi connectivity index (χ0n) is 15.3. The van der Waals surface area contributed by atoms with E-state index in [1.807, 2.05) is 30.3 Å². The first-order valence-corrected chi connectivity index (χ1v) is 9.83. The largest absolute Gasteiger partial charge is 0.488 e. The van der Waals surface area contributed by atoms with Crippen molar-refractivity contribution in [2.45, 2.75) is 0 Å². The van der Waals surface area contributed by atoms with Crippen molar-refractivity contribution >= 4 is 40.3 Å². The Kier molecular flexibility index (Phi) is 7.02. The van der Waals surface area contributed by atoms with Crippen molar-refractivity contribution in [1.82, 2.24) is 4.90 Å². The lowest BCUT2D eigenvalue weighted by molar-refractivity contribution is -0.903. The van der Waals surface area contributed by atoms with Crippen LogP contribution in [0.3, 0.4) is 0 Å². The van der Waals surface area contributed by atoms with E-state index in [4.69, 9.17) is 28.6 Å². The van der Waals surface area contributed by atoms with E-state index in [-0.39, 0.29) is 5.69 Å². The fraction of sp³-hybridized carbons (Fsp3) is 0.316. The van der Waals surface area contributed by atoms with Gasteiger partial charge in [0.15, 0.2) is 5.11 Å². The molecule has 0 spiro atoms. The SMILES string of the molecule is O=[N+]([O-])c1ccc(Cl)c(NC(=S)N2CC[NH+](CCOc3ccccc3)CC2)c1. The number of nitro benzene ring substituents is 1. The van der Waals surface area contributed by atoms with Crippen LogP contribution in [0.15, 0.2) is 48.5 Å². The van der Waals surface area contributed by atoms with Gasteiger partial charge >= 0.3 is 0 Å². The number of anilines is 1. The quantitative estimate of drug-likeness (QED) is 0.423. The van der Waals surface area contributed by atoms with Crippen LogP contribution >= 0.6 is 23.8 Å². The lowest BCUT2D eigenvalue weighted by Crippen LogP contribution is -3.15. The predicted molar refractivity (Wildman–Crippen MR) is 113 cm³/mol. The molecule has 9 heteroatoms. The smallest absolute Gasteiger partial charge is 0.271 e. The number of piperazine rings is 1. The van der Waals surface area contributed by atoms with E-state index >= 15 is 0 Å². The van der Waals surface area contributed by atoms with E-state index in [1.54, 1.807) is 0 Å². The van der Waals surface area contributed by atoms with Crippen LogP contribution in [0.5, 0.6) is 5.75 Å². The van der Waals surface area contributed by atoms with Gasteiger partial charge in [-0.3, -0.25) is 10.1 Å². The highest BCUT2D eigenvalue weighted by Crippen LogP contribution is 2.27. The zero-order valence-corrected chi connectivity index (χ0v) is 16.8. The standard InChI is InChI=1S/C19H21ClN4O3S/c20-17-7-6-15(24(25)26)14-18(17)21-19(28)23-10-8-22(9-11-23)12-13-27-16-4-2-1-3-5-16/h1-7,14H,8-13H2,(H,21,28)/p+1. The van der Waals surface area contributed by atoms with Crippen LogP contribution < -0.4 is 15.0 Å². The van der Waals surface area contributed by atoms with E-state index in [1.165, 1.54) is 23.1 Å². The van der Waals surface area contributed by atoms with Gasteiger partial charge in [0.2, 0.25) is 0 Å². The minimum absolute atomic E-state index is 0.0256. The van der Waals surface area contributed by atoms with E-state index in [2.05, 4.69) is 10.2 Å². The average molecular weight is 422 g/mol. The number of halogens is 1. The van der Waals surface area contributed by atoms with Crippen molar-refractivity contribution in [2.24, 2.45) is 0 Å². The molecule has 0 amide bonds. The molecule has 7 nitrogen and oxygen atoms in total. The Bertz CT molecular complexity index is 829. The van der Waals surface area contributed by atoms with Gasteiger partial charge in [-0.25, -0.2) is 0 Å². The summed E-state index contributed by atoms with van der Waals surface area (Å²) in [4.78, 5) is 14.0. The summed E-state index contributed by atoms with van der Waals surface area (Å²) in [6, 6.07) is 14.1. The maximum Gasteiger partial charge on any atom is 0.271 e. The summed E-state index contributed by atoms with van der Waals surface area (Å²) < 4.78 is 5.76. The lowest BCUT2D eigenvalue weighted by Gasteiger charge is -2.33. The molecule has 0 bridgehead atoms. The molecule has 2 N–H and O–H groups in total. The third kappa shape index (κ3) is 5.54. The van der Waals surface area contributed by atoms with E-state index in [9.17, 15) is 10.1 Å². The number of hydrogen-bond acceptors (Lipinski definition) is 4. The molecule has 0 saturated carbocycles. The number of ether oxygens (including phenoxy) is 1. The van der Waals surface area contributed by atoms with Crippen LogP contribution in [0.4, 0.5) is 11.4 Å². The van der Waals surface area contributed by atoms with Crippen molar-refractivity contribution in [1.29, 1.82) is 0 Å². The van der Waals surface area contributed by atoms with Gasteiger partial charge in [-0.05, 0) is 30.4 Å². The number of nitro groups is 1. The normalized spacial score (nSPS) is 14.5. The van der Waals surface area contributed by atoms with Crippen LogP contribution in [-0.2, 0) is 0 Å². The van der Waals surface area contributed by atoms with Crippen LogP contribution in [0.25, 0.3) is 0 Å². The number of thiocarbonyl (C=S) groups is 1. The summed E-state index contributed by atoms with van der Waals surface area (Å²) in [6.07, 6.45) is 0. The molecule has 2 aromatic rings. The molecule has 1 heterocycles. The highest BCUT2D eigenvalue weighted by Gasteiger charge is 2.22. The van der Waals surface area contributed by atoms with Gasteiger partial charge in [-0.15, -0.1) is 0 Å². The van der Waals surface area contributed by atoms with Gasteiger partial charge in [0.05, 0.1) is 41.8 Å². The minimum atomic E-state index is -0.454. The molecule has 148 valence electrons. The topological polar surface area (TPSA) is 72.1 Å². The van der Waals surface area contributed by atoms with Crippen LogP contribution in [0.2, 0.25) is 5.02 Å². The molecule has 1 saturated heterocycles. The van der Waals surface area contributed by atoms with Gasteiger partial charge < -0.3 is 19.9 Å². The minimum Gasteiger partial charge on any atom is -0.488 e. The molecule has 0 radical (unpaired) electrons. The molecule has 1 aliphatic heterocycles. The summed E-state index contributed by atoms with van der Waals surface area (Å²) in [5.41, 5.74) is 0.425.